The first-order valence-electron chi connectivity index (χ1n) is 9.91. The minimum atomic E-state index is -3.59. The monoisotopic (exact) mass is 397 g/mol. The third-order valence-corrected chi connectivity index (χ3v) is 8.27. The van der Waals surface area contributed by atoms with E-state index in [-0.39, 0.29) is 16.7 Å². The van der Waals surface area contributed by atoms with E-state index in [1.807, 2.05) is 0 Å². The number of aliphatic hydroxyl groups is 1. The van der Waals surface area contributed by atoms with Crippen LogP contribution in [0.4, 0.5) is 0 Å². The summed E-state index contributed by atoms with van der Waals surface area (Å²) in [4.78, 5) is 15.0. The van der Waals surface area contributed by atoms with E-state index in [1.165, 1.54) is 16.6 Å². The zero-order chi connectivity index (χ0) is 19.8. The van der Waals surface area contributed by atoms with Crippen LogP contribution in [0.1, 0.15) is 56.4 Å². The zero-order valence-electron chi connectivity index (χ0n) is 16.5. The SMILES string of the molecule is CCN(CC)S(=O)(=O)c1cc(C(=O)N2CC[C@]3(O)CCCC[C@@H]3C2)n(C)c1. The molecule has 1 aliphatic carbocycles. The molecule has 27 heavy (non-hydrogen) atoms. The Morgan fingerprint density at radius 3 is 2.67 bits per heavy atom. The van der Waals surface area contributed by atoms with Crippen LogP contribution in [0, 0.1) is 5.92 Å². The Morgan fingerprint density at radius 2 is 2.00 bits per heavy atom. The van der Waals surface area contributed by atoms with E-state index in [2.05, 4.69) is 0 Å². The van der Waals surface area contributed by atoms with E-state index >= 15 is 0 Å². The first-order chi connectivity index (χ1) is 12.7. The van der Waals surface area contributed by atoms with Gasteiger partial charge in [0, 0.05) is 45.3 Å². The van der Waals surface area contributed by atoms with Gasteiger partial charge in [-0.25, -0.2) is 8.42 Å². The highest BCUT2D eigenvalue weighted by Gasteiger charge is 2.44. The molecular formula is C19H31N3O4S. The molecule has 7 nitrogen and oxygen atoms in total. The number of carbonyl (C=O) groups is 1. The number of rotatable bonds is 5. The molecule has 152 valence electrons. The predicted octanol–water partition coefficient (Wildman–Crippen LogP) is 1.82. The first kappa shape index (κ1) is 20.4. The summed E-state index contributed by atoms with van der Waals surface area (Å²) in [6, 6.07) is 1.48. The van der Waals surface area contributed by atoms with Gasteiger partial charge in [-0.2, -0.15) is 4.31 Å². The maximum atomic E-state index is 13.1. The lowest BCUT2D eigenvalue weighted by atomic mass is 9.71. The fourth-order valence-corrected chi connectivity index (χ4v) is 6.05. The lowest BCUT2D eigenvalue weighted by Gasteiger charge is -2.47. The average molecular weight is 398 g/mol. The van der Waals surface area contributed by atoms with Crippen molar-refractivity contribution in [2.75, 3.05) is 26.2 Å². The van der Waals surface area contributed by atoms with Gasteiger partial charge in [0.15, 0.2) is 0 Å². The van der Waals surface area contributed by atoms with Gasteiger partial charge in [0.25, 0.3) is 5.91 Å². The van der Waals surface area contributed by atoms with Crippen molar-refractivity contribution in [3.05, 3.63) is 18.0 Å². The number of amides is 1. The minimum Gasteiger partial charge on any atom is -0.389 e. The molecule has 8 heteroatoms. The predicted molar refractivity (Wildman–Crippen MR) is 103 cm³/mol. The molecule has 2 fully saturated rings. The summed E-state index contributed by atoms with van der Waals surface area (Å²) in [5.74, 6) is -0.0470. The van der Waals surface area contributed by atoms with E-state index < -0.39 is 15.6 Å². The van der Waals surface area contributed by atoms with Crippen molar-refractivity contribution in [2.45, 2.75) is 56.4 Å². The molecule has 1 aliphatic heterocycles. The molecule has 2 aliphatic rings. The van der Waals surface area contributed by atoms with Gasteiger partial charge in [-0.3, -0.25) is 4.79 Å². The van der Waals surface area contributed by atoms with Crippen molar-refractivity contribution >= 4 is 15.9 Å². The van der Waals surface area contributed by atoms with Gasteiger partial charge in [-0.15, -0.1) is 0 Å². The van der Waals surface area contributed by atoms with Crippen molar-refractivity contribution in [3.63, 3.8) is 0 Å². The van der Waals surface area contributed by atoms with Crippen LogP contribution in [-0.4, -0.2) is 65.0 Å². The molecule has 1 N–H and O–H groups in total. The number of aromatic nitrogens is 1. The molecule has 3 rings (SSSR count). The second-order valence-electron chi connectivity index (χ2n) is 7.81. The molecule has 1 aromatic rings. The molecule has 0 unspecified atom stereocenters. The highest BCUT2D eigenvalue weighted by molar-refractivity contribution is 7.89. The van der Waals surface area contributed by atoms with E-state index in [0.29, 0.717) is 38.3 Å². The number of hydrogen-bond donors (Lipinski definition) is 1. The lowest BCUT2D eigenvalue weighted by Crippen LogP contribution is -2.54. The largest absolute Gasteiger partial charge is 0.389 e. The van der Waals surface area contributed by atoms with Crippen LogP contribution in [-0.2, 0) is 17.1 Å². The van der Waals surface area contributed by atoms with Crippen LogP contribution in [0.25, 0.3) is 0 Å². The number of piperidine rings is 1. The van der Waals surface area contributed by atoms with Crippen LogP contribution >= 0.6 is 0 Å². The summed E-state index contributed by atoms with van der Waals surface area (Å²) in [6.45, 7) is 5.44. The van der Waals surface area contributed by atoms with Gasteiger partial charge in [-0.05, 0) is 25.3 Å². The Hall–Kier alpha value is -1.38. The first-order valence-corrected chi connectivity index (χ1v) is 11.3. The van der Waals surface area contributed by atoms with Crippen molar-refractivity contribution in [1.82, 2.24) is 13.8 Å². The number of hydrogen-bond acceptors (Lipinski definition) is 4. The highest BCUT2D eigenvalue weighted by atomic mass is 32.2. The number of likely N-dealkylation sites (tertiary alicyclic amines) is 1. The molecule has 1 saturated heterocycles. The van der Waals surface area contributed by atoms with Crippen LogP contribution in [0.3, 0.4) is 0 Å². The quantitative estimate of drug-likeness (QED) is 0.822. The Bertz CT molecular complexity index is 800. The Kier molecular flexibility index (Phi) is 5.70. The topological polar surface area (TPSA) is 82.8 Å². The van der Waals surface area contributed by atoms with Gasteiger partial charge >= 0.3 is 0 Å². The standard InChI is InChI=1S/C19H31N3O4S/c1-4-22(5-2)27(25,26)16-12-17(20(3)14-16)18(23)21-11-10-19(24)9-7-6-8-15(19)13-21/h12,14-15,24H,4-11,13H2,1-3H3/t15-,19-/m1/s1. The second kappa shape index (κ2) is 7.56. The van der Waals surface area contributed by atoms with Crippen molar-refractivity contribution in [2.24, 2.45) is 13.0 Å². The lowest BCUT2D eigenvalue weighted by molar-refractivity contribution is -0.0887. The van der Waals surface area contributed by atoms with E-state index in [4.69, 9.17) is 0 Å². The van der Waals surface area contributed by atoms with Gasteiger partial charge in [0.05, 0.1) is 5.60 Å². The molecule has 1 saturated carbocycles. The molecule has 0 radical (unpaired) electrons. The van der Waals surface area contributed by atoms with E-state index in [0.717, 1.165) is 25.7 Å². The zero-order valence-corrected chi connectivity index (χ0v) is 17.3. The number of fused-ring (bicyclic) bond motifs is 1. The Morgan fingerprint density at radius 1 is 1.30 bits per heavy atom. The fraction of sp³-hybridized carbons (Fsp3) is 0.737. The molecule has 1 aromatic heterocycles. The van der Waals surface area contributed by atoms with Crippen molar-refractivity contribution < 1.29 is 18.3 Å². The Balaban J connectivity index is 1.81. The number of sulfonamides is 1. The number of aryl methyl sites for hydroxylation is 1. The average Bonchev–Trinajstić information content (AvgIpc) is 3.03. The van der Waals surface area contributed by atoms with Crippen LogP contribution < -0.4 is 0 Å². The molecule has 0 spiro atoms. The summed E-state index contributed by atoms with van der Waals surface area (Å²) in [7, 11) is -1.89. The summed E-state index contributed by atoms with van der Waals surface area (Å²) < 4.78 is 28.5. The van der Waals surface area contributed by atoms with E-state index in [1.54, 1.807) is 30.4 Å². The number of carbonyl (C=O) groups excluding carboxylic acids is 1. The van der Waals surface area contributed by atoms with Gasteiger partial charge in [0.2, 0.25) is 10.0 Å². The number of nitrogens with zero attached hydrogens (tertiary/aromatic N) is 3. The second-order valence-corrected chi connectivity index (χ2v) is 9.75. The normalized spacial score (nSPS) is 26.3. The summed E-state index contributed by atoms with van der Waals surface area (Å²) in [6.07, 6.45) is 6.00. The highest BCUT2D eigenvalue weighted by Crippen LogP contribution is 2.40. The smallest absolute Gasteiger partial charge is 0.270 e. The molecule has 2 atom stereocenters. The maximum Gasteiger partial charge on any atom is 0.270 e. The summed E-state index contributed by atoms with van der Waals surface area (Å²) in [5, 5.41) is 10.8. The van der Waals surface area contributed by atoms with Crippen LogP contribution in [0.5, 0.6) is 0 Å². The van der Waals surface area contributed by atoms with Crippen molar-refractivity contribution in [3.8, 4) is 0 Å². The fourth-order valence-electron chi connectivity index (χ4n) is 4.52. The molecular weight excluding hydrogens is 366 g/mol. The van der Waals surface area contributed by atoms with Gasteiger partial charge in [0.1, 0.15) is 10.6 Å². The maximum absolute atomic E-state index is 13.1. The molecule has 2 heterocycles. The molecule has 1 amide bonds. The van der Waals surface area contributed by atoms with E-state index in [9.17, 15) is 18.3 Å². The van der Waals surface area contributed by atoms with Crippen molar-refractivity contribution in [1.29, 1.82) is 0 Å². The van der Waals surface area contributed by atoms with Crippen LogP contribution in [0.2, 0.25) is 0 Å². The summed E-state index contributed by atoms with van der Waals surface area (Å²) >= 11 is 0. The van der Waals surface area contributed by atoms with Gasteiger partial charge < -0.3 is 14.6 Å². The minimum absolute atomic E-state index is 0.114. The summed E-state index contributed by atoms with van der Waals surface area (Å²) in [5.41, 5.74) is -0.262. The third kappa shape index (κ3) is 3.67. The van der Waals surface area contributed by atoms with Gasteiger partial charge in [-0.1, -0.05) is 26.7 Å². The van der Waals surface area contributed by atoms with Crippen LogP contribution in [0.15, 0.2) is 17.2 Å². The molecule has 0 aromatic carbocycles. The third-order valence-electron chi connectivity index (χ3n) is 6.26. The Labute approximate surface area is 162 Å². The molecule has 0 bridgehead atoms.